The third kappa shape index (κ3) is 6.76. The normalized spacial score (nSPS) is 12.0. The summed E-state index contributed by atoms with van der Waals surface area (Å²) in [5.41, 5.74) is 1.67. The Morgan fingerprint density at radius 1 is 1.03 bits per heavy atom. The lowest BCUT2D eigenvalue weighted by atomic mass is 10.2. The van der Waals surface area contributed by atoms with Gasteiger partial charge in [-0.15, -0.1) is 0 Å². The minimum Gasteiger partial charge on any atom is -0.494 e. The van der Waals surface area contributed by atoms with Crippen molar-refractivity contribution in [2.45, 2.75) is 26.1 Å². The van der Waals surface area contributed by atoms with Gasteiger partial charge in [-0.3, -0.25) is 9.69 Å². The van der Waals surface area contributed by atoms with Gasteiger partial charge in [0.1, 0.15) is 36.3 Å². The van der Waals surface area contributed by atoms with Gasteiger partial charge in [-0.1, -0.05) is 12.1 Å². The van der Waals surface area contributed by atoms with E-state index in [1.807, 2.05) is 43.3 Å². The molecular weight excluding hydrogens is 382 g/mol. The van der Waals surface area contributed by atoms with E-state index in [0.29, 0.717) is 37.6 Å². The maximum Gasteiger partial charge on any atom is 0.150 e. The fourth-order valence-electron chi connectivity index (χ4n) is 3.15. The molecule has 0 aliphatic heterocycles. The summed E-state index contributed by atoms with van der Waals surface area (Å²) in [5, 5.41) is 10.5. The van der Waals surface area contributed by atoms with E-state index in [-0.39, 0.29) is 6.61 Å². The topological polar surface area (TPSA) is 72.1 Å². The molecular formula is C24H27NO5. The number of hydrogen-bond donors (Lipinski definition) is 1. The number of rotatable bonds is 12. The molecule has 30 heavy (non-hydrogen) atoms. The summed E-state index contributed by atoms with van der Waals surface area (Å²) in [6.07, 6.45) is 1.73. The van der Waals surface area contributed by atoms with Crippen LogP contribution in [0, 0.1) is 0 Å². The Hall–Kier alpha value is -3.09. The number of benzene rings is 2. The number of ether oxygens (including phenoxy) is 2. The van der Waals surface area contributed by atoms with Crippen molar-refractivity contribution in [1.82, 2.24) is 4.90 Å². The van der Waals surface area contributed by atoms with E-state index in [1.54, 1.807) is 30.5 Å². The van der Waals surface area contributed by atoms with Gasteiger partial charge in [-0.25, -0.2) is 0 Å². The second-order valence-corrected chi connectivity index (χ2v) is 6.98. The summed E-state index contributed by atoms with van der Waals surface area (Å²) in [5.74, 6) is 2.27. The largest absolute Gasteiger partial charge is 0.494 e. The monoisotopic (exact) mass is 409 g/mol. The molecule has 1 unspecified atom stereocenters. The Balaban J connectivity index is 1.61. The van der Waals surface area contributed by atoms with Crippen LogP contribution in [0.4, 0.5) is 0 Å². The quantitative estimate of drug-likeness (QED) is 0.457. The van der Waals surface area contributed by atoms with Gasteiger partial charge in [-0.05, 0) is 61.0 Å². The smallest absolute Gasteiger partial charge is 0.150 e. The molecule has 3 rings (SSSR count). The summed E-state index contributed by atoms with van der Waals surface area (Å²) in [6, 6.07) is 18.5. The molecule has 158 valence electrons. The zero-order valence-corrected chi connectivity index (χ0v) is 17.1. The number of hydrogen-bond acceptors (Lipinski definition) is 6. The lowest BCUT2D eigenvalue weighted by molar-refractivity contribution is 0.0604. The number of nitrogens with zero attached hydrogens (tertiary/aromatic N) is 1. The summed E-state index contributed by atoms with van der Waals surface area (Å²) < 4.78 is 16.7. The van der Waals surface area contributed by atoms with Crippen molar-refractivity contribution in [1.29, 1.82) is 0 Å². The Labute approximate surface area is 176 Å². The van der Waals surface area contributed by atoms with Crippen molar-refractivity contribution in [2.75, 3.05) is 19.8 Å². The van der Waals surface area contributed by atoms with E-state index in [0.717, 1.165) is 23.4 Å². The van der Waals surface area contributed by atoms with Crippen LogP contribution >= 0.6 is 0 Å². The lowest BCUT2D eigenvalue weighted by Gasteiger charge is -2.24. The van der Waals surface area contributed by atoms with Crippen LogP contribution < -0.4 is 9.47 Å². The summed E-state index contributed by atoms with van der Waals surface area (Å²) in [4.78, 5) is 12.8. The van der Waals surface area contributed by atoms with E-state index in [4.69, 9.17) is 13.9 Å². The number of carbonyl (C=O) groups is 1. The van der Waals surface area contributed by atoms with Gasteiger partial charge < -0.3 is 19.0 Å². The molecule has 0 bridgehead atoms. The van der Waals surface area contributed by atoms with E-state index in [1.165, 1.54) is 0 Å². The molecule has 0 aliphatic rings. The van der Waals surface area contributed by atoms with Crippen molar-refractivity contribution >= 4 is 6.29 Å². The highest BCUT2D eigenvalue weighted by atomic mass is 16.5. The number of aliphatic hydroxyl groups excluding tert-OH is 1. The Kier molecular flexibility index (Phi) is 8.06. The molecule has 0 saturated heterocycles. The number of furan rings is 1. The van der Waals surface area contributed by atoms with Gasteiger partial charge in [-0.2, -0.15) is 0 Å². The molecule has 0 aliphatic carbocycles. The van der Waals surface area contributed by atoms with Gasteiger partial charge >= 0.3 is 0 Å². The number of carbonyl (C=O) groups excluding carboxylic acids is 1. The average Bonchev–Trinajstić information content (AvgIpc) is 3.26. The molecule has 0 amide bonds. The number of aldehydes is 1. The Bertz CT molecular complexity index is 892. The SMILES string of the molecule is CCOc1cccc(CN(Cc2ccco2)CC(O)COc2ccc(C=O)cc2)c1. The van der Waals surface area contributed by atoms with E-state index >= 15 is 0 Å². The van der Waals surface area contributed by atoms with Crippen LogP contribution in [0.5, 0.6) is 11.5 Å². The van der Waals surface area contributed by atoms with Crippen LogP contribution in [0.25, 0.3) is 0 Å². The molecule has 2 aromatic carbocycles. The van der Waals surface area contributed by atoms with Crippen LogP contribution in [0.3, 0.4) is 0 Å². The van der Waals surface area contributed by atoms with Crippen LogP contribution in [-0.2, 0) is 13.1 Å². The van der Waals surface area contributed by atoms with E-state index in [9.17, 15) is 9.90 Å². The summed E-state index contributed by atoms with van der Waals surface area (Å²) in [7, 11) is 0. The third-order valence-corrected chi connectivity index (χ3v) is 4.50. The molecule has 0 fully saturated rings. The fourth-order valence-corrected chi connectivity index (χ4v) is 3.15. The molecule has 6 heteroatoms. The van der Waals surface area contributed by atoms with Gasteiger partial charge in [0.15, 0.2) is 0 Å². The molecule has 0 radical (unpaired) electrons. The standard InChI is InChI=1S/C24H27NO5/c1-2-28-23-6-3-5-20(13-23)14-25(16-24-7-4-12-29-24)15-21(27)18-30-22-10-8-19(17-26)9-11-22/h3-13,17,21,27H,2,14-16,18H2,1H3. The molecule has 1 aromatic heterocycles. The zero-order chi connectivity index (χ0) is 21.2. The highest BCUT2D eigenvalue weighted by Gasteiger charge is 2.15. The predicted molar refractivity (Wildman–Crippen MR) is 114 cm³/mol. The predicted octanol–water partition coefficient (Wildman–Crippen LogP) is 3.93. The van der Waals surface area contributed by atoms with E-state index < -0.39 is 6.10 Å². The molecule has 1 N–H and O–H groups in total. The first-order chi connectivity index (χ1) is 14.7. The van der Waals surface area contributed by atoms with Gasteiger partial charge in [0.2, 0.25) is 0 Å². The first kappa shape index (κ1) is 21.6. The lowest BCUT2D eigenvalue weighted by Crippen LogP contribution is -2.35. The van der Waals surface area contributed by atoms with Crippen LogP contribution in [0.1, 0.15) is 28.6 Å². The van der Waals surface area contributed by atoms with E-state index in [2.05, 4.69) is 4.90 Å². The van der Waals surface area contributed by atoms with Gasteiger partial charge in [0.05, 0.1) is 19.4 Å². The molecule has 6 nitrogen and oxygen atoms in total. The molecule has 0 spiro atoms. The molecule has 3 aromatic rings. The Morgan fingerprint density at radius 2 is 1.87 bits per heavy atom. The Morgan fingerprint density at radius 3 is 2.57 bits per heavy atom. The third-order valence-electron chi connectivity index (χ3n) is 4.50. The first-order valence-corrected chi connectivity index (χ1v) is 9.99. The molecule has 0 saturated carbocycles. The maximum absolute atomic E-state index is 10.7. The second-order valence-electron chi connectivity index (χ2n) is 6.98. The summed E-state index contributed by atoms with van der Waals surface area (Å²) in [6.45, 7) is 4.33. The molecule has 1 atom stereocenters. The number of aliphatic hydroxyl groups is 1. The van der Waals surface area contributed by atoms with Crippen LogP contribution in [-0.4, -0.2) is 42.2 Å². The van der Waals surface area contributed by atoms with Crippen molar-refractivity contribution in [3.05, 3.63) is 83.8 Å². The van der Waals surface area contributed by atoms with Crippen LogP contribution in [0.15, 0.2) is 71.3 Å². The maximum atomic E-state index is 10.7. The van der Waals surface area contributed by atoms with Gasteiger partial charge in [0.25, 0.3) is 0 Å². The fraction of sp³-hybridized carbons (Fsp3) is 0.292. The minimum absolute atomic E-state index is 0.147. The van der Waals surface area contributed by atoms with Gasteiger partial charge in [0, 0.05) is 18.7 Å². The minimum atomic E-state index is -0.694. The van der Waals surface area contributed by atoms with Crippen molar-refractivity contribution < 1.29 is 23.8 Å². The first-order valence-electron chi connectivity index (χ1n) is 9.99. The second kappa shape index (κ2) is 11.2. The average molecular weight is 409 g/mol. The van der Waals surface area contributed by atoms with Crippen molar-refractivity contribution in [3.63, 3.8) is 0 Å². The van der Waals surface area contributed by atoms with Crippen molar-refractivity contribution in [2.24, 2.45) is 0 Å². The van der Waals surface area contributed by atoms with Crippen LogP contribution in [0.2, 0.25) is 0 Å². The highest BCUT2D eigenvalue weighted by molar-refractivity contribution is 5.74. The highest BCUT2D eigenvalue weighted by Crippen LogP contribution is 2.17. The molecule has 1 heterocycles. The zero-order valence-electron chi connectivity index (χ0n) is 17.1. The summed E-state index contributed by atoms with van der Waals surface area (Å²) >= 11 is 0. The van der Waals surface area contributed by atoms with Crippen molar-refractivity contribution in [3.8, 4) is 11.5 Å².